The molecule has 2 N–H and O–H groups in total. The molecule has 0 aliphatic heterocycles. The molecule has 3 aromatic rings. The smallest absolute Gasteiger partial charge is 0.235 e. The van der Waals surface area contributed by atoms with Crippen LogP contribution >= 0.6 is 11.8 Å². The molecule has 1 aromatic carbocycles. The zero-order chi connectivity index (χ0) is 20.5. The predicted octanol–water partition coefficient (Wildman–Crippen LogP) is 2.97. The summed E-state index contributed by atoms with van der Waals surface area (Å²) in [5.74, 6) is -0.139. The van der Waals surface area contributed by atoms with E-state index in [9.17, 15) is 14.0 Å². The number of halogens is 1. The zero-order valence-electron chi connectivity index (χ0n) is 15.5. The van der Waals surface area contributed by atoms with Gasteiger partial charge in [0, 0.05) is 36.9 Å². The second-order valence-corrected chi connectivity index (χ2v) is 7.15. The minimum absolute atomic E-state index is 0.116. The number of thioether (sulfide) groups is 1. The molecule has 0 aliphatic rings. The fraction of sp³-hybridized carbons (Fsp3) is 0.200. The number of anilines is 2. The third kappa shape index (κ3) is 7.04. The second kappa shape index (κ2) is 10.4. The van der Waals surface area contributed by atoms with Gasteiger partial charge in [0.25, 0.3) is 0 Å². The summed E-state index contributed by atoms with van der Waals surface area (Å²) >= 11 is 1.19. The van der Waals surface area contributed by atoms with Gasteiger partial charge in [0.2, 0.25) is 11.8 Å². The van der Waals surface area contributed by atoms with Gasteiger partial charge in [0.1, 0.15) is 5.82 Å². The van der Waals surface area contributed by atoms with Gasteiger partial charge in [-0.1, -0.05) is 0 Å². The molecular formula is C20H20FN5O2S. The van der Waals surface area contributed by atoms with E-state index in [1.807, 2.05) is 12.1 Å². The molecule has 0 aliphatic carbocycles. The van der Waals surface area contributed by atoms with Gasteiger partial charge in [-0.15, -0.1) is 11.8 Å². The van der Waals surface area contributed by atoms with Crippen LogP contribution in [0.5, 0.6) is 0 Å². The van der Waals surface area contributed by atoms with Crippen molar-refractivity contribution in [1.29, 1.82) is 0 Å². The molecule has 0 saturated carbocycles. The van der Waals surface area contributed by atoms with Crippen LogP contribution in [0.1, 0.15) is 5.56 Å². The van der Waals surface area contributed by atoms with Crippen LogP contribution in [0.25, 0.3) is 0 Å². The zero-order valence-corrected chi connectivity index (χ0v) is 16.4. The van der Waals surface area contributed by atoms with Crippen LogP contribution in [0.3, 0.4) is 0 Å². The first-order chi connectivity index (χ1) is 14.1. The van der Waals surface area contributed by atoms with E-state index in [0.717, 1.165) is 12.0 Å². The van der Waals surface area contributed by atoms with Gasteiger partial charge in [-0.3, -0.25) is 19.3 Å². The quantitative estimate of drug-likeness (QED) is 0.563. The number of amides is 2. The Morgan fingerprint density at radius 1 is 0.966 bits per heavy atom. The standard InChI is InChI=1S/C20H20FN5O2S/c21-16-1-3-17(4-2-16)23-19(27)13-29-14-20(28)24-18-8-12-26(25-18)11-7-15-5-9-22-10-6-15/h1-6,8-10,12H,7,11,13-14H2,(H,23,27)(H,24,25,28). The molecular weight excluding hydrogens is 393 g/mol. The number of pyridine rings is 1. The van der Waals surface area contributed by atoms with Crippen molar-refractivity contribution in [1.82, 2.24) is 14.8 Å². The number of hydrogen-bond donors (Lipinski definition) is 2. The molecule has 2 aromatic heterocycles. The Labute approximate surface area is 171 Å². The number of carbonyl (C=O) groups is 2. The van der Waals surface area contributed by atoms with E-state index in [1.54, 1.807) is 29.3 Å². The molecule has 2 amide bonds. The van der Waals surface area contributed by atoms with Gasteiger partial charge in [-0.2, -0.15) is 5.10 Å². The molecule has 0 fully saturated rings. The monoisotopic (exact) mass is 413 g/mol. The van der Waals surface area contributed by atoms with Crippen molar-refractivity contribution in [3.8, 4) is 0 Å². The molecule has 0 atom stereocenters. The molecule has 7 nitrogen and oxygen atoms in total. The summed E-state index contributed by atoms with van der Waals surface area (Å²) in [7, 11) is 0. The molecule has 3 rings (SSSR count). The summed E-state index contributed by atoms with van der Waals surface area (Å²) in [5, 5.41) is 9.68. The first-order valence-electron chi connectivity index (χ1n) is 8.94. The maximum atomic E-state index is 12.8. The van der Waals surface area contributed by atoms with Crippen molar-refractivity contribution < 1.29 is 14.0 Å². The highest BCUT2D eigenvalue weighted by molar-refractivity contribution is 8.00. The maximum Gasteiger partial charge on any atom is 0.235 e. The number of rotatable bonds is 9. The van der Waals surface area contributed by atoms with Crippen LogP contribution in [0.2, 0.25) is 0 Å². The second-order valence-electron chi connectivity index (χ2n) is 6.17. The number of nitrogens with zero attached hydrogens (tertiary/aromatic N) is 3. The van der Waals surface area contributed by atoms with Crippen molar-refractivity contribution in [3.05, 3.63) is 72.4 Å². The normalized spacial score (nSPS) is 10.5. The lowest BCUT2D eigenvalue weighted by atomic mass is 10.2. The van der Waals surface area contributed by atoms with E-state index in [4.69, 9.17) is 0 Å². The van der Waals surface area contributed by atoms with Gasteiger partial charge in [-0.25, -0.2) is 4.39 Å². The van der Waals surface area contributed by atoms with Crippen molar-refractivity contribution in [2.24, 2.45) is 0 Å². The van der Waals surface area contributed by atoms with E-state index in [0.29, 0.717) is 18.1 Å². The van der Waals surface area contributed by atoms with E-state index in [1.165, 1.54) is 36.0 Å². The van der Waals surface area contributed by atoms with Crippen molar-refractivity contribution in [2.75, 3.05) is 22.1 Å². The first-order valence-corrected chi connectivity index (χ1v) is 10.1. The first kappa shape index (κ1) is 20.5. The molecule has 0 radical (unpaired) electrons. The van der Waals surface area contributed by atoms with Crippen LogP contribution in [0.4, 0.5) is 15.9 Å². The van der Waals surface area contributed by atoms with Crippen LogP contribution in [-0.4, -0.2) is 38.1 Å². The molecule has 0 bridgehead atoms. The molecule has 9 heteroatoms. The molecule has 150 valence electrons. The Morgan fingerprint density at radius 3 is 2.38 bits per heavy atom. The van der Waals surface area contributed by atoms with E-state index >= 15 is 0 Å². The van der Waals surface area contributed by atoms with Gasteiger partial charge in [0.05, 0.1) is 11.5 Å². The lowest BCUT2D eigenvalue weighted by Gasteiger charge is -2.05. The highest BCUT2D eigenvalue weighted by Gasteiger charge is 2.08. The van der Waals surface area contributed by atoms with E-state index < -0.39 is 0 Å². The highest BCUT2D eigenvalue weighted by Crippen LogP contribution is 2.10. The molecule has 0 unspecified atom stereocenters. The minimum atomic E-state index is -0.367. The SMILES string of the molecule is O=C(CSCC(=O)Nc1ccn(CCc2ccncc2)n1)Nc1ccc(F)cc1. The summed E-state index contributed by atoms with van der Waals surface area (Å²) in [4.78, 5) is 27.9. The summed E-state index contributed by atoms with van der Waals surface area (Å²) in [5.41, 5.74) is 1.68. The number of benzene rings is 1. The van der Waals surface area contributed by atoms with Crippen LogP contribution in [-0.2, 0) is 22.6 Å². The van der Waals surface area contributed by atoms with E-state index in [-0.39, 0.29) is 29.1 Å². The average molecular weight is 413 g/mol. The Bertz CT molecular complexity index is 947. The van der Waals surface area contributed by atoms with Crippen LogP contribution < -0.4 is 10.6 Å². The van der Waals surface area contributed by atoms with E-state index in [2.05, 4.69) is 20.7 Å². The Balaban J connectivity index is 1.35. The average Bonchev–Trinajstić information content (AvgIpc) is 3.16. The largest absolute Gasteiger partial charge is 0.325 e. The minimum Gasteiger partial charge on any atom is -0.325 e. The molecule has 29 heavy (non-hydrogen) atoms. The van der Waals surface area contributed by atoms with Crippen molar-refractivity contribution in [2.45, 2.75) is 13.0 Å². The van der Waals surface area contributed by atoms with Crippen LogP contribution in [0, 0.1) is 5.82 Å². The summed E-state index contributed by atoms with van der Waals surface area (Å²) in [6, 6.07) is 11.1. The fourth-order valence-corrected chi connectivity index (χ4v) is 3.11. The summed E-state index contributed by atoms with van der Waals surface area (Å²) in [6.45, 7) is 0.693. The number of nitrogens with one attached hydrogen (secondary N) is 2. The summed E-state index contributed by atoms with van der Waals surface area (Å²) < 4.78 is 14.6. The van der Waals surface area contributed by atoms with Gasteiger partial charge >= 0.3 is 0 Å². The topological polar surface area (TPSA) is 88.9 Å². The third-order valence-corrected chi connectivity index (χ3v) is 4.81. The predicted molar refractivity (Wildman–Crippen MR) is 111 cm³/mol. The Kier molecular flexibility index (Phi) is 7.34. The highest BCUT2D eigenvalue weighted by atomic mass is 32.2. The molecule has 0 saturated heterocycles. The summed E-state index contributed by atoms with van der Waals surface area (Å²) in [6.07, 6.45) is 6.13. The third-order valence-electron chi connectivity index (χ3n) is 3.88. The van der Waals surface area contributed by atoms with Gasteiger partial charge < -0.3 is 10.6 Å². The number of aromatic nitrogens is 3. The van der Waals surface area contributed by atoms with Crippen LogP contribution in [0.15, 0.2) is 61.1 Å². The fourth-order valence-electron chi connectivity index (χ4n) is 2.49. The van der Waals surface area contributed by atoms with Crippen molar-refractivity contribution in [3.63, 3.8) is 0 Å². The molecule has 2 heterocycles. The number of aryl methyl sites for hydroxylation is 2. The van der Waals surface area contributed by atoms with Gasteiger partial charge in [-0.05, 0) is 48.4 Å². The lowest BCUT2D eigenvalue weighted by molar-refractivity contribution is -0.114. The molecule has 0 spiro atoms. The maximum absolute atomic E-state index is 12.8. The lowest BCUT2D eigenvalue weighted by Crippen LogP contribution is -2.18. The number of carbonyl (C=O) groups excluding carboxylic acids is 2. The Hall–Kier alpha value is -3.20. The van der Waals surface area contributed by atoms with Crippen molar-refractivity contribution >= 4 is 35.1 Å². The van der Waals surface area contributed by atoms with Gasteiger partial charge in [0.15, 0.2) is 5.82 Å². The Morgan fingerprint density at radius 2 is 1.66 bits per heavy atom. The number of hydrogen-bond acceptors (Lipinski definition) is 5.